The summed E-state index contributed by atoms with van der Waals surface area (Å²) in [5.74, 6) is -0.777. The minimum atomic E-state index is -1.43. The lowest BCUT2D eigenvalue weighted by molar-refractivity contribution is 0.0951. The molecule has 2 aliphatic heterocycles. The van der Waals surface area contributed by atoms with Crippen LogP contribution in [-0.2, 0) is 0 Å². The molecule has 3 atom stereocenters. The van der Waals surface area contributed by atoms with Gasteiger partial charge in [0.15, 0.2) is 11.2 Å². The van der Waals surface area contributed by atoms with Crippen molar-refractivity contribution in [3.63, 3.8) is 0 Å². The number of carbonyl (C=O) groups is 1. The minimum Gasteiger partial charge on any atom is -0.351 e. The van der Waals surface area contributed by atoms with Crippen molar-refractivity contribution in [1.29, 1.82) is 10.5 Å². The van der Waals surface area contributed by atoms with Gasteiger partial charge in [0.1, 0.15) is 6.04 Å². The number of para-hydroxylation sites is 1. The van der Waals surface area contributed by atoms with Gasteiger partial charge in [0.05, 0.1) is 18.2 Å². The molecule has 2 aliphatic rings. The molecule has 5 rings (SSSR count). The lowest BCUT2D eigenvalue weighted by Crippen LogP contribution is -2.44. The summed E-state index contributed by atoms with van der Waals surface area (Å²) in [6.07, 6.45) is 3.83. The molecule has 0 N–H and O–H groups in total. The van der Waals surface area contributed by atoms with Gasteiger partial charge in [0.2, 0.25) is 0 Å². The Morgan fingerprint density at radius 3 is 2.25 bits per heavy atom. The maximum Gasteiger partial charge on any atom is 0.185 e. The van der Waals surface area contributed by atoms with Crippen molar-refractivity contribution in [2.75, 3.05) is 4.90 Å². The number of halogens is 1. The van der Waals surface area contributed by atoms with Crippen LogP contribution in [-0.4, -0.2) is 17.9 Å². The molecule has 0 aliphatic carbocycles. The highest BCUT2D eigenvalue weighted by molar-refractivity contribution is 6.30. The second-order valence-electron chi connectivity index (χ2n) is 8.07. The minimum absolute atomic E-state index is 0.141. The SMILES string of the molecule is N#CC1(C#N)C2C=Cc3ccccc3N2[C@H](C(=O)c2ccc(Cl)cc2)[C@H]1c1ccccc1. The van der Waals surface area contributed by atoms with Crippen molar-refractivity contribution in [3.8, 4) is 12.1 Å². The van der Waals surface area contributed by atoms with E-state index in [1.165, 1.54) is 0 Å². The Morgan fingerprint density at radius 2 is 1.56 bits per heavy atom. The van der Waals surface area contributed by atoms with E-state index >= 15 is 0 Å². The van der Waals surface area contributed by atoms with Gasteiger partial charge in [-0.3, -0.25) is 4.79 Å². The summed E-state index contributed by atoms with van der Waals surface area (Å²) in [5, 5.41) is 21.3. The third kappa shape index (κ3) is 2.85. The van der Waals surface area contributed by atoms with Crippen LogP contribution in [0.5, 0.6) is 0 Å². The fraction of sp³-hybridized carbons (Fsp3) is 0.148. The van der Waals surface area contributed by atoms with Crippen molar-refractivity contribution in [3.05, 3.63) is 107 Å². The van der Waals surface area contributed by atoms with Gasteiger partial charge < -0.3 is 4.90 Å². The average molecular weight is 436 g/mol. The fourth-order valence-corrected chi connectivity index (χ4v) is 5.18. The fourth-order valence-electron chi connectivity index (χ4n) is 5.05. The number of carbonyl (C=O) groups excluding carboxylic acids is 1. The van der Waals surface area contributed by atoms with Crippen LogP contribution in [0.4, 0.5) is 5.69 Å². The molecule has 3 aromatic rings. The van der Waals surface area contributed by atoms with E-state index in [2.05, 4.69) is 12.1 Å². The van der Waals surface area contributed by atoms with Crippen molar-refractivity contribution < 1.29 is 4.79 Å². The number of hydrogen-bond donors (Lipinski definition) is 0. The largest absolute Gasteiger partial charge is 0.351 e. The monoisotopic (exact) mass is 435 g/mol. The van der Waals surface area contributed by atoms with Crippen LogP contribution in [0.25, 0.3) is 6.08 Å². The highest BCUT2D eigenvalue weighted by atomic mass is 35.5. The predicted molar refractivity (Wildman–Crippen MR) is 124 cm³/mol. The van der Waals surface area contributed by atoms with Crippen molar-refractivity contribution >= 4 is 29.1 Å². The van der Waals surface area contributed by atoms with E-state index in [1.807, 2.05) is 71.6 Å². The first kappa shape index (κ1) is 20.1. The lowest BCUT2D eigenvalue weighted by atomic mass is 9.69. The highest BCUT2D eigenvalue weighted by Crippen LogP contribution is 2.55. The zero-order chi connectivity index (χ0) is 22.3. The van der Waals surface area contributed by atoms with Crippen molar-refractivity contribution in [2.45, 2.75) is 18.0 Å². The number of fused-ring (bicyclic) bond motifs is 3. The molecule has 0 saturated carbocycles. The first-order chi connectivity index (χ1) is 15.6. The van der Waals surface area contributed by atoms with Gasteiger partial charge in [-0.15, -0.1) is 0 Å². The number of ketones is 1. The van der Waals surface area contributed by atoms with E-state index in [-0.39, 0.29) is 5.78 Å². The Morgan fingerprint density at radius 1 is 0.906 bits per heavy atom. The van der Waals surface area contributed by atoms with E-state index in [1.54, 1.807) is 24.3 Å². The second-order valence-corrected chi connectivity index (χ2v) is 8.50. The zero-order valence-electron chi connectivity index (χ0n) is 17.0. The van der Waals surface area contributed by atoms with Crippen molar-refractivity contribution in [2.24, 2.45) is 5.41 Å². The van der Waals surface area contributed by atoms with Crippen LogP contribution < -0.4 is 4.90 Å². The van der Waals surface area contributed by atoms with Gasteiger partial charge >= 0.3 is 0 Å². The Bertz CT molecular complexity index is 1290. The quantitative estimate of drug-likeness (QED) is 0.500. The predicted octanol–water partition coefficient (Wildman–Crippen LogP) is 5.62. The molecule has 0 amide bonds. The normalized spacial score (nSPS) is 22.3. The molecule has 32 heavy (non-hydrogen) atoms. The van der Waals surface area contributed by atoms with Crippen LogP contribution in [0.15, 0.2) is 84.9 Å². The van der Waals surface area contributed by atoms with Crippen LogP contribution in [0.3, 0.4) is 0 Å². The number of nitrogens with zero attached hydrogens (tertiary/aromatic N) is 3. The van der Waals surface area contributed by atoms with Crippen LogP contribution >= 0.6 is 11.6 Å². The number of Topliss-reactive ketones (excluding diaryl/α,β-unsaturated/α-hetero) is 1. The van der Waals surface area contributed by atoms with E-state index in [0.29, 0.717) is 10.6 Å². The molecule has 0 aromatic heterocycles. The maximum absolute atomic E-state index is 14.0. The second kappa shape index (κ2) is 7.68. The Balaban J connectivity index is 1.78. The molecule has 0 spiro atoms. The molecule has 1 fully saturated rings. The van der Waals surface area contributed by atoms with Gasteiger partial charge in [0, 0.05) is 22.2 Å². The summed E-state index contributed by atoms with van der Waals surface area (Å²) >= 11 is 6.05. The van der Waals surface area contributed by atoms with E-state index in [4.69, 9.17) is 11.6 Å². The first-order valence-corrected chi connectivity index (χ1v) is 10.7. The van der Waals surface area contributed by atoms with E-state index < -0.39 is 23.4 Å². The molecular formula is C27H18ClN3O. The first-order valence-electron chi connectivity index (χ1n) is 10.3. The number of rotatable bonds is 3. The maximum atomic E-state index is 14.0. The topological polar surface area (TPSA) is 67.9 Å². The Kier molecular flexibility index (Phi) is 4.82. The van der Waals surface area contributed by atoms with Crippen LogP contribution in [0.2, 0.25) is 5.02 Å². The number of nitriles is 2. The summed E-state index contributed by atoms with van der Waals surface area (Å²) in [4.78, 5) is 16.0. The summed E-state index contributed by atoms with van der Waals surface area (Å²) < 4.78 is 0. The molecule has 2 heterocycles. The summed E-state index contributed by atoms with van der Waals surface area (Å²) in [6, 6.07) is 27.3. The van der Waals surface area contributed by atoms with Gasteiger partial charge in [-0.25, -0.2) is 0 Å². The highest BCUT2D eigenvalue weighted by Gasteiger charge is 2.63. The third-order valence-corrected chi connectivity index (χ3v) is 6.72. The molecular weight excluding hydrogens is 418 g/mol. The molecule has 4 nitrogen and oxygen atoms in total. The van der Waals surface area contributed by atoms with Gasteiger partial charge in [0.25, 0.3) is 0 Å². The molecule has 0 radical (unpaired) electrons. The molecule has 3 aromatic carbocycles. The zero-order valence-corrected chi connectivity index (χ0v) is 17.8. The molecule has 1 saturated heterocycles. The molecule has 154 valence electrons. The lowest BCUT2D eigenvalue weighted by Gasteiger charge is -2.35. The number of hydrogen-bond acceptors (Lipinski definition) is 4. The van der Waals surface area contributed by atoms with Crippen LogP contribution in [0, 0.1) is 28.1 Å². The number of benzene rings is 3. The van der Waals surface area contributed by atoms with Crippen LogP contribution in [0.1, 0.15) is 27.4 Å². The summed E-state index contributed by atoms with van der Waals surface area (Å²) in [6.45, 7) is 0. The third-order valence-electron chi connectivity index (χ3n) is 6.47. The molecule has 5 heteroatoms. The van der Waals surface area contributed by atoms with Crippen molar-refractivity contribution in [1.82, 2.24) is 0 Å². The number of anilines is 1. The molecule has 1 unspecified atom stereocenters. The average Bonchev–Trinajstić information content (AvgIpc) is 3.15. The Hall–Kier alpha value is -3.86. The van der Waals surface area contributed by atoms with E-state index in [0.717, 1.165) is 16.8 Å². The van der Waals surface area contributed by atoms with Gasteiger partial charge in [-0.2, -0.15) is 10.5 Å². The van der Waals surface area contributed by atoms with Gasteiger partial charge in [-0.05, 0) is 41.5 Å². The Labute approximate surface area is 191 Å². The smallest absolute Gasteiger partial charge is 0.185 e. The standard InChI is InChI=1S/C27H18ClN3O/c28-21-13-10-20(11-14-21)26(32)25-24(19-7-2-1-3-8-19)27(16-29,17-30)23-15-12-18-6-4-5-9-22(18)31(23)25/h1-15,23-25H/t23?,24-,25+/m1/s1. The van der Waals surface area contributed by atoms with E-state index in [9.17, 15) is 15.3 Å². The molecule has 0 bridgehead atoms. The summed E-state index contributed by atoms with van der Waals surface area (Å²) in [5.41, 5.74) is 1.66. The summed E-state index contributed by atoms with van der Waals surface area (Å²) in [7, 11) is 0. The van der Waals surface area contributed by atoms with Gasteiger partial charge in [-0.1, -0.05) is 72.3 Å².